The quantitative estimate of drug-likeness (QED) is 0.845. The number of aromatic nitrogens is 2. The molecule has 106 valence electrons. The fourth-order valence-electron chi connectivity index (χ4n) is 2.16. The predicted molar refractivity (Wildman–Crippen MR) is 79.0 cm³/mol. The molecule has 0 radical (unpaired) electrons. The molecule has 0 aliphatic heterocycles. The molecule has 1 aliphatic rings. The molecule has 1 fully saturated rings. The zero-order chi connectivity index (χ0) is 14.0. The summed E-state index contributed by atoms with van der Waals surface area (Å²) in [7, 11) is 0. The molecule has 1 saturated carbocycles. The van der Waals surface area contributed by atoms with Crippen LogP contribution < -0.4 is 10.9 Å². The number of rotatable bonds is 5. The number of halogens is 1. The third-order valence-corrected chi connectivity index (χ3v) is 3.78. The van der Waals surface area contributed by atoms with Crippen LogP contribution in [0.1, 0.15) is 46.1 Å². The minimum Gasteiger partial charge on any atom is -0.362 e. The second kappa shape index (κ2) is 5.53. The van der Waals surface area contributed by atoms with Gasteiger partial charge in [0.25, 0.3) is 5.56 Å². The zero-order valence-electron chi connectivity index (χ0n) is 11.8. The molecule has 1 N–H and O–H groups in total. The lowest BCUT2D eigenvalue weighted by Gasteiger charge is -2.31. The number of hydrogen-bond acceptors (Lipinski definition) is 3. The van der Waals surface area contributed by atoms with Gasteiger partial charge >= 0.3 is 0 Å². The fraction of sp³-hybridized carbons (Fsp3) is 0.714. The van der Waals surface area contributed by atoms with Crippen molar-refractivity contribution in [2.45, 2.75) is 52.1 Å². The fourth-order valence-corrected chi connectivity index (χ4v) is 2.38. The molecule has 1 heterocycles. The van der Waals surface area contributed by atoms with Crippen molar-refractivity contribution in [3.63, 3.8) is 0 Å². The largest absolute Gasteiger partial charge is 0.362 e. The highest BCUT2D eigenvalue weighted by atomic mass is 35.5. The number of nitrogens with one attached hydrogen (secondary N) is 1. The minimum atomic E-state index is -0.0196. The lowest BCUT2D eigenvalue weighted by atomic mass is 9.85. The van der Waals surface area contributed by atoms with Gasteiger partial charge in [0.05, 0.1) is 0 Å². The van der Waals surface area contributed by atoms with Gasteiger partial charge in [-0.25, -0.2) is 4.98 Å². The Bertz CT molecular complexity index is 488. The summed E-state index contributed by atoms with van der Waals surface area (Å²) < 4.78 is 1.79. The van der Waals surface area contributed by atoms with E-state index >= 15 is 0 Å². The molecule has 1 unspecified atom stereocenters. The molecule has 1 aliphatic carbocycles. The molecule has 1 aromatic rings. The SMILES string of the molecule is CC(C)(C)C(CCCl)Nc1nccn(C2CC2)c1=O. The topological polar surface area (TPSA) is 46.9 Å². The van der Waals surface area contributed by atoms with Crippen LogP contribution in [0.3, 0.4) is 0 Å². The van der Waals surface area contributed by atoms with Crippen molar-refractivity contribution in [2.75, 3.05) is 11.2 Å². The molecule has 2 rings (SSSR count). The van der Waals surface area contributed by atoms with Crippen LogP contribution in [-0.4, -0.2) is 21.5 Å². The third-order valence-electron chi connectivity index (χ3n) is 3.56. The lowest BCUT2D eigenvalue weighted by molar-refractivity contribution is 0.333. The van der Waals surface area contributed by atoms with E-state index in [2.05, 4.69) is 31.1 Å². The van der Waals surface area contributed by atoms with E-state index in [0.717, 1.165) is 19.3 Å². The van der Waals surface area contributed by atoms with E-state index in [4.69, 9.17) is 11.6 Å². The van der Waals surface area contributed by atoms with Gasteiger partial charge < -0.3 is 9.88 Å². The molecule has 4 nitrogen and oxygen atoms in total. The van der Waals surface area contributed by atoms with Crippen LogP contribution in [0.4, 0.5) is 5.82 Å². The Hall–Kier alpha value is -1.03. The highest BCUT2D eigenvalue weighted by molar-refractivity contribution is 6.17. The summed E-state index contributed by atoms with van der Waals surface area (Å²) in [5.41, 5.74) is 0.0114. The number of anilines is 1. The van der Waals surface area contributed by atoms with E-state index in [-0.39, 0.29) is 17.0 Å². The Labute approximate surface area is 119 Å². The molecular formula is C14H22ClN3O. The van der Waals surface area contributed by atoms with E-state index in [1.807, 2.05) is 0 Å². The summed E-state index contributed by atoms with van der Waals surface area (Å²) in [5.74, 6) is 1.01. The van der Waals surface area contributed by atoms with Crippen molar-refractivity contribution in [1.29, 1.82) is 0 Å². The molecule has 1 atom stereocenters. The van der Waals surface area contributed by atoms with Crippen molar-refractivity contribution in [2.24, 2.45) is 5.41 Å². The number of hydrogen-bond donors (Lipinski definition) is 1. The molecule has 0 bridgehead atoms. The zero-order valence-corrected chi connectivity index (χ0v) is 12.6. The summed E-state index contributed by atoms with van der Waals surface area (Å²) in [6, 6.07) is 0.511. The van der Waals surface area contributed by atoms with Crippen LogP contribution in [0.2, 0.25) is 0 Å². The van der Waals surface area contributed by atoms with E-state index in [0.29, 0.717) is 17.7 Å². The van der Waals surface area contributed by atoms with Gasteiger partial charge in [0.15, 0.2) is 5.82 Å². The Balaban J connectivity index is 2.21. The van der Waals surface area contributed by atoms with Gasteiger partial charge in [0.1, 0.15) is 0 Å². The normalized spacial score (nSPS) is 17.3. The Morgan fingerprint density at radius 3 is 2.74 bits per heavy atom. The first-order valence-corrected chi connectivity index (χ1v) is 7.36. The summed E-state index contributed by atoms with van der Waals surface area (Å²) >= 11 is 5.86. The summed E-state index contributed by atoms with van der Waals surface area (Å²) in [5, 5.41) is 3.28. The minimum absolute atomic E-state index is 0.0196. The van der Waals surface area contributed by atoms with Crippen LogP contribution in [0.5, 0.6) is 0 Å². The molecular weight excluding hydrogens is 262 g/mol. The van der Waals surface area contributed by atoms with Crippen LogP contribution in [0.25, 0.3) is 0 Å². The Morgan fingerprint density at radius 1 is 1.53 bits per heavy atom. The van der Waals surface area contributed by atoms with Gasteiger partial charge in [-0.1, -0.05) is 20.8 Å². The molecule has 0 saturated heterocycles. The smallest absolute Gasteiger partial charge is 0.293 e. The second-order valence-electron chi connectivity index (χ2n) is 6.26. The Kier molecular flexibility index (Phi) is 4.19. The summed E-state index contributed by atoms with van der Waals surface area (Å²) in [4.78, 5) is 16.5. The van der Waals surface area contributed by atoms with Crippen molar-refractivity contribution < 1.29 is 0 Å². The van der Waals surface area contributed by atoms with Gasteiger partial charge in [-0.15, -0.1) is 11.6 Å². The predicted octanol–water partition coefficient (Wildman–Crippen LogP) is 3.03. The highest BCUT2D eigenvalue weighted by Gasteiger charge is 2.28. The molecule has 0 amide bonds. The maximum absolute atomic E-state index is 12.3. The van der Waals surface area contributed by atoms with Gasteiger partial charge in [-0.3, -0.25) is 4.79 Å². The standard InChI is InChI=1S/C14H22ClN3O/c1-14(2,3)11(6-7-15)17-12-13(19)18(9-8-16-12)10-4-5-10/h8-11H,4-7H2,1-3H3,(H,16,17). The first-order valence-electron chi connectivity index (χ1n) is 6.83. The first kappa shape index (κ1) is 14.4. The monoisotopic (exact) mass is 283 g/mol. The van der Waals surface area contributed by atoms with Crippen molar-refractivity contribution >= 4 is 17.4 Å². The summed E-state index contributed by atoms with van der Waals surface area (Å²) in [6.45, 7) is 6.42. The van der Waals surface area contributed by atoms with Crippen molar-refractivity contribution in [3.8, 4) is 0 Å². The highest BCUT2D eigenvalue weighted by Crippen LogP contribution is 2.33. The maximum Gasteiger partial charge on any atom is 0.293 e. The van der Waals surface area contributed by atoms with Crippen molar-refractivity contribution in [3.05, 3.63) is 22.7 Å². The van der Waals surface area contributed by atoms with Gasteiger partial charge in [-0.2, -0.15) is 0 Å². The second-order valence-corrected chi connectivity index (χ2v) is 6.64. The lowest BCUT2D eigenvalue weighted by Crippen LogP contribution is -2.37. The molecule has 0 spiro atoms. The van der Waals surface area contributed by atoms with Gasteiger partial charge in [0.2, 0.25) is 0 Å². The number of alkyl halides is 1. The van der Waals surface area contributed by atoms with Gasteiger partial charge in [-0.05, 0) is 24.7 Å². The molecule has 1 aromatic heterocycles. The Morgan fingerprint density at radius 2 is 2.21 bits per heavy atom. The number of nitrogens with zero attached hydrogens (tertiary/aromatic N) is 2. The molecule has 0 aromatic carbocycles. The van der Waals surface area contributed by atoms with Crippen LogP contribution in [0.15, 0.2) is 17.2 Å². The van der Waals surface area contributed by atoms with Crippen LogP contribution in [-0.2, 0) is 0 Å². The maximum atomic E-state index is 12.3. The first-order chi connectivity index (χ1) is 8.93. The van der Waals surface area contributed by atoms with E-state index in [1.165, 1.54) is 0 Å². The van der Waals surface area contributed by atoms with Crippen LogP contribution in [0, 0.1) is 5.41 Å². The van der Waals surface area contributed by atoms with E-state index in [1.54, 1.807) is 17.0 Å². The van der Waals surface area contributed by atoms with E-state index < -0.39 is 0 Å². The molecule has 5 heteroatoms. The average Bonchev–Trinajstić information content (AvgIpc) is 3.13. The van der Waals surface area contributed by atoms with E-state index in [9.17, 15) is 4.79 Å². The third kappa shape index (κ3) is 3.50. The molecule has 19 heavy (non-hydrogen) atoms. The van der Waals surface area contributed by atoms with Gasteiger partial charge in [0, 0.05) is 30.4 Å². The van der Waals surface area contributed by atoms with Crippen molar-refractivity contribution in [1.82, 2.24) is 9.55 Å². The average molecular weight is 284 g/mol. The summed E-state index contributed by atoms with van der Waals surface area (Å²) in [6.07, 6.45) is 6.47. The van der Waals surface area contributed by atoms with Crippen LogP contribution >= 0.6 is 11.6 Å².